The molecule has 0 radical (unpaired) electrons. The molecule has 2 nitrogen and oxygen atoms in total. The molecule has 0 atom stereocenters. The minimum atomic E-state index is -0.136. The van der Waals surface area contributed by atoms with E-state index >= 15 is 0 Å². The summed E-state index contributed by atoms with van der Waals surface area (Å²) in [6, 6.07) is 9.09. The van der Waals surface area contributed by atoms with Gasteiger partial charge in [0.2, 0.25) is 0 Å². The summed E-state index contributed by atoms with van der Waals surface area (Å²) >= 11 is 7.60. The van der Waals surface area contributed by atoms with Crippen molar-refractivity contribution in [2.75, 3.05) is 0 Å². The highest BCUT2D eigenvalue weighted by atomic mass is 35.5. The number of halogens is 1. The molecule has 1 N–H and O–H groups in total. The number of carbonyl (C=O) groups excluding carboxylic acids is 1. The van der Waals surface area contributed by atoms with Crippen LogP contribution in [0.4, 0.5) is 0 Å². The molecule has 17 heavy (non-hydrogen) atoms. The van der Waals surface area contributed by atoms with Crippen molar-refractivity contribution in [3.05, 3.63) is 56.7 Å². The van der Waals surface area contributed by atoms with E-state index in [2.05, 4.69) is 5.32 Å². The van der Waals surface area contributed by atoms with E-state index in [-0.39, 0.29) is 5.91 Å². The number of thiophene rings is 1. The van der Waals surface area contributed by atoms with Crippen molar-refractivity contribution in [1.82, 2.24) is 5.32 Å². The Labute approximate surface area is 109 Å². The Morgan fingerprint density at radius 3 is 2.76 bits per heavy atom. The van der Waals surface area contributed by atoms with Gasteiger partial charge in [0.15, 0.2) is 0 Å². The zero-order valence-corrected chi connectivity index (χ0v) is 10.9. The van der Waals surface area contributed by atoms with Crippen LogP contribution in [0.3, 0.4) is 0 Å². The van der Waals surface area contributed by atoms with Crippen LogP contribution in [-0.4, -0.2) is 5.91 Å². The highest BCUT2D eigenvalue weighted by molar-refractivity contribution is 7.10. The predicted octanol–water partition coefficient (Wildman–Crippen LogP) is 3.64. The molecule has 1 aromatic carbocycles. The van der Waals surface area contributed by atoms with Gasteiger partial charge in [-0.2, -0.15) is 0 Å². The van der Waals surface area contributed by atoms with Gasteiger partial charge in [-0.15, -0.1) is 11.3 Å². The summed E-state index contributed by atoms with van der Waals surface area (Å²) in [5, 5.41) is 5.37. The molecule has 0 saturated heterocycles. The quantitative estimate of drug-likeness (QED) is 0.902. The van der Waals surface area contributed by atoms with E-state index in [1.165, 1.54) is 10.4 Å². The number of benzene rings is 1. The van der Waals surface area contributed by atoms with Crippen molar-refractivity contribution >= 4 is 28.8 Å². The lowest BCUT2D eigenvalue weighted by molar-refractivity contribution is 0.0951. The minimum Gasteiger partial charge on any atom is -0.347 e. The van der Waals surface area contributed by atoms with E-state index in [1.807, 2.05) is 24.4 Å². The number of rotatable bonds is 3. The van der Waals surface area contributed by atoms with E-state index in [0.717, 1.165) is 0 Å². The molecule has 2 aromatic rings. The van der Waals surface area contributed by atoms with Gasteiger partial charge in [-0.3, -0.25) is 4.79 Å². The van der Waals surface area contributed by atoms with Gasteiger partial charge in [0, 0.05) is 4.88 Å². The van der Waals surface area contributed by atoms with Gasteiger partial charge in [0.25, 0.3) is 5.91 Å². The molecule has 4 heteroatoms. The SMILES string of the molecule is Cc1ccsc1CNC(=O)c1ccccc1Cl. The summed E-state index contributed by atoms with van der Waals surface area (Å²) in [6.45, 7) is 2.58. The number of carbonyl (C=O) groups is 1. The number of amides is 1. The van der Waals surface area contributed by atoms with Crippen molar-refractivity contribution in [3.63, 3.8) is 0 Å². The first-order valence-electron chi connectivity index (χ1n) is 5.24. The van der Waals surface area contributed by atoms with Crippen LogP contribution in [0, 0.1) is 6.92 Å². The summed E-state index contributed by atoms with van der Waals surface area (Å²) < 4.78 is 0. The molecule has 0 fully saturated rings. The Morgan fingerprint density at radius 1 is 1.35 bits per heavy atom. The van der Waals surface area contributed by atoms with Crippen molar-refractivity contribution in [2.24, 2.45) is 0 Å². The van der Waals surface area contributed by atoms with Crippen LogP contribution >= 0.6 is 22.9 Å². The molecule has 1 amide bonds. The maximum atomic E-state index is 11.9. The Morgan fingerprint density at radius 2 is 2.12 bits per heavy atom. The van der Waals surface area contributed by atoms with Crippen LogP contribution in [0.1, 0.15) is 20.8 Å². The average molecular weight is 266 g/mol. The lowest BCUT2D eigenvalue weighted by atomic mass is 10.2. The second-order valence-electron chi connectivity index (χ2n) is 3.69. The molecule has 0 spiro atoms. The minimum absolute atomic E-state index is 0.136. The number of nitrogens with one attached hydrogen (secondary N) is 1. The molecular formula is C13H12ClNOS. The highest BCUT2D eigenvalue weighted by Crippen LogP contribution is 2.17. The van der Waals surface area contributed by atoms with Gasteiger partial charge in [0.1, 0.15) is 0 Å². The van der Waals surface area contributed by atoms with E-state index in [9.17, 15) is 4.79 Å². The molecule has 0 aliphatic heterocycles. The molecule has 1 aromatic heterocycles. The van der Waals surface area contributed by atoms with Gasteiger partial charge in [0.05, 0.1) is 17.1 Å². The lowest BCUT2D eigenvalue weighted by Gasteiger charge is -2.06. The maximum absolute atomic E-state index is 11.9. The number of hydrogen-bond acceptors (Lipinski definition) is 2. The third-order valence-corrected chi connectivity index (χ3v) is 3.85. The summed E-state index contributed by atoms with van der Waals surface area (Å²) in [5.41, 5.74) is 1.72. The molecule has 0 bridgehead atoms. The molecule has 0 aliphatic carbocycles. The van der Waals surface area contributed by atoms with E-state index in [4.69, 9.17) is 11.6 Å². The Bertz CT molecular complexity index is 536. The van der Waals surface area contributed by atoms with Crippen LogP contribution in [-0.2, 0) is 6.54 Å². The fourth-order valence-electron chi connectivity index (χ4n) is 1.49. The molecule has 0 unspecified atom stereocenters. The smallest absolute Gasteiger partial charge is 0.253 e. The second kappa shape index (κ2) is 5.34. The first-order valence-corrected chi connectivity index (χ1v) is 6.50. The highest BCUT2D eigenvalue weighted by Gasteiger charge is 2.09. The summed E-state index contributed by atoms with van der Waals surface area (Å²) in [7, 11) is 0. The zero-order chi connectivity index (χ0) is 12.3. The van der Waals surface area contributed by atoms with Crippen molar-refractivity contribution in [1.29, 1.82) is 0 Å². The third kappa shape index (κ3) is 2.87. The van der Waals surface area contributed by atoms with Gasteiger partial charge in [-0.25, -0.2) is 0 Å². The summed E-state index contributed by atoms with van der Waals surface area (Å²) in [4.78, 5) is 13.1. The molecule has 1 heterocycles. The fraction of sp³-hybridized carbons (Fsp3) is 0.154. The lowest BCUT2D eigenvalue weighted by Crippen LogP contribution is -2.22. The zero-order valence-electron chi connectivity index (χ0n) is 9.37. The molecule has 0 aliphatic rings. The van der Waals surface area contributed by atoms with Crippen LogP contribution in [0.15, 0.2) is 35.7 Å². The standard InChI is InChI=1S/C13H12ClNOS/c1-9-6-7-17-12(9)8-15-13(16)10-4-2-3-5-11(10)14/h2-7H,8H2,1H3,(H,15,16). The van der Waals surface area contributed by atoms with Crippen LogP contribution in [0.25, 0.3) is 0 Å². The van der Waals surface area contributed by atoms with Gasteiger partial charge in [-0.1, -0.05) is 23.7 Å². The number of aryl methyl sites for hydroxylation is 1. The van der Waals surface area contributed by atoms with Gasteiger partial charge < -0.3 is 5.32 Å². The van der Waals surface area contributed by atoms with Gasteiger partial charge in [-0.05, 0) is 36.1 Å². The van der Waals surface area contributed by atoms with E-state index in [0.29, 0.717) is 17.1 Å². The molecule has 2 rings (SSSR count). The first-order chi connectivity index (χ1) is 8.18. The summed E-state index contributed by atoms with van der Waals surface area (Å²) in [5.74, 6) is -0.136. The Balaban J connectivity index is 2.04. The van der Waals surface area contributed by atoms with E-state index in [1.54, 1.807) is 29.5 Å². The Kier molecular flexibility index (Phi) is 3.82. The monoisotopic (exact) mass is 265 g/mol. The fourth-order valence-corrected chi connectivity index (χ4v) is 2.55. The Hall–Kier alpha value is -1.32. The van der Waals surface area contributed by atoms with Crippen LogP contribution in [0.5, 0.6) is 0 Å². The predicted molar refractivity (Wildman–Crippen MR) is 71.7 cm³/mol. The number of hydrogen-bond donors (Lipinski definition) is 1. The second-order valence-corrected chi connectivity index (χ2v) is 5.10. The van der Waals surface area contributed by atoms with Crippen LogP contribution < -0.4 is 5.32 Å². The third-order valence-electron chi connectivity index (χ3n) is 2.50. The van der Waals surface area contributed by atoms with Crippen molar-refractivity contribution in [2.45, 2.75) is 13.5 Å². The first kappa shape index (κ1) is 12.1. The molecule has 0 saturated carbocycles. The largest absolute Gasteiger partial charge is 0.347 e. The van der Waals surface area contributed by atoms with Crippen LogP contribution in [0.2, 0.25) is 5.02 Å². The normalized spacial score (nSPS) is 10.2. The molecule has 88 valence electrons. The molecular weight excluding hydrogens is 254 g/mol. The summed E-state index contributed by atoms with van der Waals surface area (Å²) in [6.07, 6.45) is 0. The topological polar surface area (TPSA) is 29.1 Å². The van der Waals surface area contributed by atoms with Gasteiger partial charge >= 0.3 is 0 Å². The maximum Gasteiger partial charge on any atom is 0.253 e. The van der Waals surface area contributed by atoms with Crippen molar-refractivity contribution in [3.8, 4) is 0 Å². The van der Waals surface area contributed by atoms with E-state index < -0.39 is 0 Å². The average Bonchev–Trinajstić information content (AvgIpc) is 2.72. The van der Waals surface area contributed by atoms with Crippen molar-refractivity contribution < 1.29 is 4.79 Å².